The van der Waals surface area contributed by atoms with Crippen molar-refractivity contribution in [2.75, 3.05) is 17.3 Å². The summed E-state index contributed by atoms with van der Waals surface area (Å²) in [7, 11) is 0. The van der Waals surface area contributed by atoms with Crippen LogP contribution in [0.15, 0.2) is 38.6 Å². The van der Waals surface area contributed by atoms with Gasteiger partial charge < -0.3 is 14.2 Å². The molecule has 0 aromatic carbocycles. The van der Waals surface area contributed by atoms with Gasteiger partial charge >= 0.3 is 17.6 Å². The quantitative estimate of drug-likeness (QED) is 0.398. The van der Waals surface area contributed by atoms with Gasteiger partial charge in [0.25, 0.3) is 5.56 Å². The highest BCUT2D eigenvalue weighted by Crippen LogP contribution is 2.40. The minimum atomic E-state index is -0.914. The average Bonchev–Trinajstić information content (AvgIpc) is 3.35. The van der Waals surface area contributed by atoms with Crippen LogP contribution < -0.4 is 16.1 Å². The van der Waals surface area contributed by atoms with E-state index in [1.807, 2.05) is 0 Å². The lowest BCUT2D eigenvalue weighted by Gasteiger charge is -2.24. The van der Waals surface area contributed by atoms with E-state index in [4.69, 9.17) is 14.2 Å². The molecule has 1 amide bonds. The molecule has 186 valence electrons. The highest BCUT2D eigenvalue weighted by molar-refractivity contribution is 9.10. The van der Waals surface area contributed by atoms with Crippen LogP contribution in [-0.2, 0) is 28.6 Å². The number of anilines is 1. The number of esters is 2. The molecule has 14 heteroatoms. The number of carbonyl (C=O) groups is 3. The first kappa shape index (κ1) is 25.1. The number of halogens is 1. The van der Waals surface area contributed by atoms with Gasteiger partial charge in [-0.15, -0.1) is 11.8 Å². The molecule has 4 heterocycles. The van der Waals surface area contributed by atoms with Crippen molar-refractivity contribution in [3.63, 3.8) is 0 Å². The topological polar surface area (TPSA) is 150 Å². The molecular formula is C21H21BrN4O8S. The second-order valence-electron chi connectivity index (χ2n) is 7.81. The summed E-state index contributed by atoms with van der Waals surface area (Å²) in [6, 6.07) is 5.08. The Kier molecular flexibility index (Phi) is 7.42. The van der Waals surface area contributed by atoms with E-state index < -0.39 is 47.0 Å². The van der Waals surface area contributed by atoms with Gasteiger partial charge in [0, 0.05) is 26.5 Å². The molecule has 2 aromatic rings. The van der Waals surface area contributed by atoms with Crippen molar-refractivity contribution in [3.8, 4) is 0 Å². The van der Waals surface area contributed by atoms with E-state index in [1.165, 1.54) is 41.3 Å². The largest absolute Gasteiger partial charge is 0.463 e. The summed E-state index contributed by atoms with van der Waals surface area (Å²) in [4.78, 5) is 68.9. The van der Waals surface area contributed by atoms with Crippen LogP contribution in [0.25, 0.3) is 0 Å². The lowest BCUT2D eigenvalue weighted by atomic mass is 10.2. The molecule has 2 fully saturated rings. The smallest absolute Gasteiger partial charge is 0.330 e. The first-order valence-corrected chi connectivity index (χ1v) is 12.4. The first-order chi connectivity index (χ1) is 16.6. The van der Waals surface area contributed by atoms with Gasteiger partial charge in [-0.3, -0.25) is 33.6 Å². The lowest BCUT2D eigenvalue weighted by Crippen LogP contribution is -2.38. The van der Waals surface area contributed by atoms with Gasteiger partial charge in [-0.1, -0.05) is 6.07 Å². The summed E-state index contributed by atoms with van der Waals surface area (Å²) in [5.41, 5.74) is -1.23. The number of carbonyl (C=O) groups excluding carboxylic acids is 3. The van der Waals surface area contributed by atoms with Crippen LogP contribution in [0.1, 0.15) is 37.4 Å². The van der Waals surface area contributed by atoms with E-state index >= 15 is 0 Å². The molecule has 0 aliphatic carbocycles. The highest BCUT2D eigenvalue weighted by atomic mass is 79.9. The van der Waals surface area contributed by atoms with Gasteiger partial charge in [0.1, 0.15) is 40.8 Å². The zero-order chi connectivity index (χ0) is 25.3. The fourth-order valence-electron chi connectivity index (χ4n) is 3.88. The van der Waals surface area contributed by atoms with Crippen LogP contribution in [0.5, 0.6) is 0 Å². The normalized spacial score (nSPS) is 24.0. The monoisotopic (exact) mass is 568 g/mol. The fraction of sp³-hybridized carbons (Fsp3) is 0.429. The molecule has 1 N–H and O–H groups in total. The van der Waals surface area contributed by atoms with Crippen LogP contribution in [0.4, 0.5) is 5.82 Å². The van der Waals surface area contributed by atoms with E-state index in [1.54, 1.807) is 18.2 Å². The van der Waals surface area contributed by atoms with Gasteiger partial charge in [-0.25, -0.2) is 9.78 Å². The molecule has 2 saturated heterocycles. The highest BCUT2D eigenvalue weighted by Gasteiger charge is 2.41. The Morgan fingerprint density at radius 3 is 2.71 bits per heavy atom. The number of pyridine rings is 1. The zero-order valence-electron chi connectivity index (χ0n) is 18.6. The van der Waals surface area contributed by atoms with Crippen molar-refractivity contribution in [1.29, 1.82) is 0 Å². The van der Waals surface area contributed by atoms with Gasteiger partial charge in [-0.2, -0.15) is 0 Å². The number of hydrogen-bond donors (Lipinski definition) is 1. The number of amides is 1. The number of H-pyrrole nitrogens is 1. The van der Waals surface area contributed by atoms with Crippen LogP contribution in [-0.4, -0.2) is 56.9 Å². The predicted molar refractivity (Wildman–Crippen MR) is 127 cm³/mol. The molecule has 35 heavy (non-hydrogen) atoms. The Hall–Kier alpha value is -2.97. The van der Waals surface area contributed by atoms with E-state index in [2.05, 4.69) is 25.9 Å². The Morgan fingerprint density at radius 1 is 1.26 bits per heavy atom. The maximum absolute atomic E-state index is 12.8. The van der Waals surface area contributed by atoms with Crippen LogP contribution in [0.2, 0.25) is 0 Å². The molecule has 4 rings (SSSR count). The number of ether oxygens (including phenoxy) is 3. The van der Waals surface area contributed by atoms with E-state index in [0.29, 0.717) is 10.4 Å². The summed E-state index contributed by atoms with van der Waals surface area (Å²) < 4.78 is 17.9. The Balaban J connectivity index is 1.67. The SMILES string of the molecule is CC(=O)OC[C@H]1O[C@@H](n2cc(C3SCC(=O)N3c3cccc(Br)n3)c(=O)[nH]c2=O)C[C@@H]1OC(C)=O. The molecule has 1 unspecified atom stereocenters. The van der Waals surface area contributed by atoms with Gasteiger partial charge in [0.15, 0.2) is 0 Å². The van der Waals surface area contributed by atoms with Gasteiger partial charge in [0.2, 0.25) is 5.91 Å². The fourth-order valence-corrected chi connectivity index (χ4v) is 5.38. The van der Waals surface area contributed by atoms with Crippen LogP contribution in [0, 0.1) is 0 Å². The Labute approximate surface area is 211 Å². The maximum atomic E-state index is 12.8. The molecule has 0 bridgehead atoms. The number of aromatic amines is 1. The molecule has 2 aliphatic rings. The molecular weight excluding hydrogens is 548 g/mol. The summed E-state index contributed by atoms with van der Waals surface area (Å²) in [5.74, 6) is -0.858. The maximum Gasteiger partial charge on any atom is 0.330 e. The second kappa shape index (κ2) is 10.3. The summed E-state index contributed by atoms with van der Waals surface area (Å²) in [5, 5.41) is -0.734. The molecule has 2 aromatic heterocycles. The molecule has 0 radical (unpaired) electrons. The third-order valence-electron chi connectivity index (χ3n) is 5.34. The predicted octanol–water partition coefficient (Wildman–Crippen LogP) is 1.25. The van der Waals surface area contributed by atoms with E-state index in [0.717, 1.165) is 0 Å². The second-order valence-corrected chi connectivity index (χ2v) is 9.69. The number of thioether (sulfide) groups is 1. The minimum Gasteiger partial charge on any atom is -0.463 e. The number of hydrogen-bond acceptors (Lipinski definition) is 10. The minimum absolute atomic E-state index is 0.0878. The third-order valence-corrected chi connectivity index (χ3v) is 6.97. The Bertz CT molecular complexity index is 1280. The molecule has 0 spiro atoms. The summed E-state index contributed by atoms with van der Waals surface area (Å²) >= 11 is 4.50. The number of rotatable bonds is 6. The van der Waals surface area contributed by atoms with Crippen molar-refractivity contribution in [3.05, 3.63) is 55.4 Å². The van der Waals surface area contributed by atoms with Crippen molar-refractivity contribution in [1.82, 2.24) is 14.5 Å². The van der Waals surface area contributed by atoms with Gasteiger partial charge in [0.05, 0.1) is 11.3 Å². The van der Waals surface area contributed by atoms with Crippen molar-refractivity contribution in [2.24, 2.45) is 0 Å². The standard InChI is InChI=1S/C21H21BrN4O8S/c1-10(27)32-8-14-13(33-11(2)28)6-18(34-14)25-7-12(19(30)24-21(25)31)20-26(17(29)9-35-20)16-5-3-4-15(22)23-16/h3-5,7,13-14,18,20H,6,8-9H2,1-2H3,(H,24,30,31)/t13-,14+,18+,20?/m0/s1. The number of nitrogens with zero attached hydrogens (tertiary/aromatic N) is 3. The molecule has 12 nitrogen and oxygen atoms in total. The molecule has 4 atom stereocenters. The van der Waals surface area contributed by atoms with Crippen LogP contribution >= 0.6 is 27.7 Å². The number of aromatic nitrogens is 3. The summed E-state index contributed by atoms with van der Waals surface area (Å²) in [6.45, 7) is 2.29. The van der Waals surface area contributed by atoms with Crippen molar-refractivity contribution in [2.45, 2.75) is 44.1 Å². The molecule has 2 aliphatic heterocycles. The van der Waals surface area contributed by atoms with Crippen molar-refractivity contribution < 1.29 is 28.6 Å². The third kappa shape index (κ3) is 5.49. The van der Waals surface area contributed by atoms with E-state index in [9.17, 15) is 24.0 Å². The zero-order valence-corrected chi connectivity index (χ0v) is 21.0. The number of nitrogens with one attached hydrogen (secondary N) is 1. The van der Waals surface area contributed by atoms with Gasteiger partial charge in [-0.05, 0) is 28.1 Å². The summed E-state index contributed by atoms with van der Waals surface area (Å²) in [6.07, 6.45) is -1.07. The van der Waals surface area contributed by atoms with Crippen molar-refractivity contribution >= 4 is 51.4 Å². The first-order valence-electron chi connectivity index (χ1n) is 10.5. The Morgan fingerprint density at radius 2 is 2.03 bits per heavy atom. The van der Waals surface area contributed by atoms with E-state index in [-0.39, 0.29) is 30.3 Å². The lowest BCUT2D eigenvalue weighted by molar-refractivity contribution is -0.155. The van der Waals surface area contributed by atoms with Crippen LogP contribution in [0.3, 0.4) is 0 Å². The molecule has 0 saturated carbocycles. The average molecular weight is 569 g/mol.